The lowest BCUT2D eigenvalue weighted by Crippen LogP contribution is -2.57. The Morgan fingerprint density at radius 2 is 1.90 bits per heavy atom. The van der Waals surface area contributed by atoms with Gasteiger partial charge in [0.25, 0.3) is 0 Å². The van der Waals surface area contributed by atoms with Crippen LogP contribution in [-0.2, 0) is 17.1 Å². The number of hydrogen-bond donors (Lipinski definition) is 3. The molecule has 2 rings (SSSR count). The molecule has 1 aliphatic rings. The van der Waals surface area contributed by atoms with Crippen LogP contribution < -0.4 is 10.5 Å². The molecule has 0 aliphatic heterocycles. The second-order valence-corrected chi connectivity index (χ2v) is 7.40. The van der Waals surface area contributed by atoms with Crippen molar-refractivity contribution in [2.24, 2.45) is 12.8 Å². The average Bonchev–Trinajstić information content (AvgIpc) is 2.80. The van der Waals surface area contributed by atoms with Gasteiger partial charge >= 0.3 is 0 Å². The Bertz CT molecular complexity index is 600. The molecular weight excluding hydrogens is 290 g/mol. The van der Waals surface area contributed by atoms with Crippen molar-refractivity contribution in [2.75, 3.05) is 0 Å². The van der Waals surface area contributed by atoms with E-state index < -0.39 is 15.6 Å². The molecule has 0 bridgehead atoms. The molecule has 0 unspecified atom stereocenters. The lowest BCUT2D eigenvalue weighted by atomic mass is 9.84. The number of aryl methyl sites for hydroxylation is 1. The van der Waals surface area contributed by atoms with Crippen molar-refractivity contribution in [1.82, 2.24) is 14.5 Å². The summed E-state index contributed by atoms with van der Waals surface area (Å²) in [6.07, 6.45) is 8.88. The van der Waals surface area contributed by atoms with Gasteiger partial charge in [-0.3, -0.25) is 10.1 Å². The molecular formula is C13H23N5O2S. The van der Waals surface area contributed by atoms with Crippen LogP contribution in [0.25, 0.3) is 0 Å². The van der Waals surface area contributed by atoms with Gasteiger partial charge < -0.3 is 5.73 Å². The maximum atomic E-state index is 12.5. The molecule has 1 aliphatic carbocycles. The minimum Gasteiger partial charge on any atom is -0.386 e. The summed E-state index contributed by atoms with van der Waals surface area (Å²) < 4.78 is 29.1. The molecule has 1 heterocycles. The number of aromatic nitrogens is 2. The van der Waals surface area contributed by atoms with Crippen LogP contribution in [0.15, 0.2) is 17.3 Å². The van der Waals surface area contributed by atoms with Gasteiger partial charge in [-0.15, -0.1) is 0 Å². The van der Waals surface area contributed by atoms with E-state index in [1.54, 1.807) is 7.05 Å². The Kier molecular flexibility index (Phi) is 4.67. The van der Waals surface area contributed by atoms with Crippen LogP contribution >= 0.6 is 0 Å². The predicted molar refractivity (Wildman–Crippen MR) is 80.5 cm³/mol. The van der Waals surface area contributed by atoms with Gasteiger partial charge in [-0.1, -0.05) is 32.1 Å². The van der Waals surface area contributed by atoms with Crippen LogP contribution in [0.5, 0.6) is 0 Å². The molecule has 1 aromatic heterocycles. The van der Waals surface area contributed by atoms with Crippen molar-refractivity contribution < 1.29 is 8.42 Å². The van der Waals surface area contributed by atoms with Crippen molar-refractivity contribution in [1.29, 1.82) is 5.41 Å². The number of rotatable bonds is 4. The molecule has 1 fully saturated rings. The predicted octanol–water partition coefficient (Wildman–Crippen LogP) is 1.12. The first-order chi connectivity index (χ1) is 9.86. The molecule has 0 saturated heterocycles. The SMILES string of the molecule is Cn1cc(S(=O)(=O)NC2(C(=N)N)CCCCCCC2)cn1. The van der Waals surface area contributed by atoms with Gasteiger partial charge in [-0.2, -0.15) is 9.82 Å². The van der Waals surface area contributed by atoms with E-state index in [0.29, 0.717) is 12.8 Å². The van der Waals surface area contributed by atoms with Crippen LogP contribution in [0.3, 0.4) is 0 Å². The number of sulfonamides is 1. The Morgan fingerprint density at radius 3 is 2.38 bits per heavy atom. The Labute approximate surface area is 125 Å². The van der Waals surface area contributed by atoms with E-state index in [1.807, 2.05) is 0 Å². The maximum absolute atomic E-state index is 12.5. The summed E-state index contributed by atoms with van der Waals surface area (Å²) in [6.45, 7) is 0. The highest BCUT2D eigenvalue weighted by Crippen LogP contribution is 2.28. The topological polar surface area (TPSA) is 114 Å². The highest BCUT2D eigenvalue weighted by molar-refractivity contribution is 7.89. The summed E-state index contributed by atoms with van der Waals surface area (Å²) in [5, 5.41) is 11.8. The molecule has 0 atom stereocenters. The zero-order valence-corrected chi connectivity index (χ0v) is 13.1. The molecule has 0 amide bonds. The molecule has 0 spiro atoms. The minimum absolute atomic E-state index is 0.100. The first-order valence-corrected chi connectivity index (χ1v) is 8.71. The average molecular weight is 313 g/mol. The van der Waals surface area contributed by atoms with E-state index in [4.69, 9.17) is 11.1 Å². The van der Waals surface area contributed by atoms with Crippen molar-refractivity contribution in [3.8, 4) is 0 Å². The molecule has 118 valence electrons. The van der Waals surface area contributed by atoms with E-state index in [-0.39, 0.29) is 10.7 Å². The number of hydrogen-bond acceptors (Lipinski definition) is 4. The summed E-state index contributed by atoms with van der Waals surface area (Å²) in [5.74, 6) is -0.100. The fourth-order valence-corrected chi connectivity index (χ4v) is 4.21. The summed E-state index contributed by atoms with van der Waals surface area (Å²) in [5.41, 5.74) is 4.79. The van der Waals surface area contributed by atoms with Crippen LogP contribution in [0.1, 0.15) is 44.9 Å². The molecule has 7 nitrogen and oxygen atoms in total. The van der Waals surface area contributed by atoms with Gasteiger partial charge in [0.1, 0.15) is 10.7 Å². The summed E-state index contributed by atoms with van der Waals surface area (Å²) in [6, 6.07) is 0. The smallest absolute Gasteiger partial charge is 0.244 e. The second kappa shape index (κ2) is 6.15. The third-order valence-corrected chi connectivity index (χ3v) is 5.53. The van der Waals surface area contributed by atoms with Crippen LogP contribution in [0.4, 0.5) is 0 Å². The lowest BCUT2D eigenvalue weighted by Gasteiger charge is -2.34. The van der Waals surface area contributed by atoms with Crippen molar-refractivity contribution in [2.45, 2.75) is 55.4 Å². The highest BCUT2D eigenvalue weighted by Gasteiger charge is 2.38. The zero-order chi connectivity index (χ0) is 15.5. The molecule has 1 saturated carbocycles. The van der Waals surface area contributed by atoms with Gasteiger partial charge in [0, 0.05) is 13.2 Å². The molecule has 4 N–H and O–H groups in total. The number of nitrogens with zero attached hydrogens (tertiary/aromatic N) is 2. The highest BCUT2D eigenvalue weighted by atomic mass is 32.2. The molecule has 1 aromatic rings. The third kappa shape index (κ3) is 3.62. The van der Waals surface area contributed by atoms with Crippen LogP contribution in [-0.4, -0.2) is 29.6 Å². The first-order valence-electron chi connectivity index (χ1n) is 7.23. The second-order valence-electron chi connectivity index (χ2n) is 5.72. The number of amidine groups is 1. The van der Waals surface area contributed by atoms with Crippen molar-refractivity contribution in [3.63, 3.8) is 0 Å². The molecule has 0 aromatic carbocycles. The van der Waals surface area contributed by atoms with Crippen molar-refractivity contribution >= 4 is 15.9 Å². The minimum atomic E-state index is -3.72. The third-order valence-electron chi connectivity index (χ3n) is 4.04. The van der Waals surface area contributed by atoms with Crippen LogP contribution in [0.2, 0.25) is 0 Å². The number of nitrogens with one attached hydrogen (secondary N) is 2. The number of nitrogens with two attached hydrogens (primary N) is 1. The standard InChI is InChI=1S/C13H23N5O2S/c1-18-10-11(9-16-18)21(19,20)17-13(12(14)15)7-5-3-2-4-6-8-13/h9-10,17H,2-8H2,1H3,(H3,14,15). The summed E-state index contributed by atoms with van der Waals surface area (Å²) in [7, 11) is -2.06. The Balaban J connectivity index is 2.28. The normalized spacial score (nSPS) is 19.7. The van der Waals surface area contributed by atoms with Gasteiger partial charge in [-0.05, 0) is 12.8 Å². The van der Waals surface area contributed by atoms with E-state index in [2.05, 4.69) is 9.82 Å². The van der Waals surface area contributed by atoms with Gasteiger partial charge in [0.2, 0.25) is 10.0 Å². The summed E-state index contributed by atoms with van der Waals surface area (Å²) in [4.78, 5) is 0.104. The molecule has 8 heteroatoms. The van der Waals surface area contributed by atoms with Crippen molar-refractivity contribution in [3.05, 3.63) is 12.4 Å². The van der Waals surface area contributed by atoms with E-state index in [9.17, 15) is 8.42 Å². The lowest BCUT2D eigenvalue weighted by molar-refractivity contribution is 0.367. The fourth-order valence-electron chi connectivity index (χ4n) is 2.79. The quantitative estimate of drug-likeness (QED) is 0.571. The van der Waals surface area contributed by atoms with Crippen LogP contribution in [0, 0.1) is 5.41 Å². The molecule has 0 radical (unpaired) electrons. The Morgan fingerprint density at radius 1 is 1.33 bits per heavy atom. The summed E-state index contributed by atoms with van der Waals surface area (Å²) >= 11 is 0. The van der Waals surface area contributed by atoms with Gasteiger partial charge in [-0.25, -0.2) is 8.42 Å². The largest absolute Gasteiger partial charge is 0.386 e. The van der Waals surface area contributed by atoms with Gasteiger partial charge in [0.05, 0.1) is 11.7 Å². The van der Waals surface area contributed by atoms with E-state index in [0.717, 1.165) is 32.1 Å². The Hall–Kier alpha value is -1.41. The maximum Gasteiger partial charge on any atom is 0.244 e. The van der Waals surface area contributed by atoms with E-state index in [1.165, 1.54) is 17.1 Å². The van der Waals surface area contributed by atoms with Gasteiger partial charge in [0.15, 0.2) is 0 Å². The van der Waals surface area contributed by atoms with E-state index >= 15 is 0 Å². The fraction of sp³-hybridized carbons (Fsp3) is 0.692. The zero-order valence-electron chi connectivity index (χ0n) is 12.3. The first kappa shape index (κ1) is 16.0. The molecule has 21 heavy (non-hydrogen) atoms. The monoisotopic (exact) mass is 313 g/mol.